The second-order valence-electron chi connectivity index (χ2n) is 7.01. The lowest BCUT2D eigenvalue weighted by Crippen LogP contribution is -2.03. The zero-order valence-electron chi connectivity index (χ0n) is 17.0. The average molecular weight is 406 g/mol. The summed E-state index contributed by atoms with van der Waals surface area (Å²) in [7, 11) is 3.18. The van der Waals surface area contributed by atoms with Gasteiger partial charge in [-0.2, -0.15) is 0 Å². The van der Waals surface area contributed by atoms with Crippen LogP contribution in [0.5, 0.6) is 17.2 Å². The van der Waals surface area contributed by atoms with E-state index in [2.05, 4.69) is 0 Å². The number of benzene rings is 3. The summed E-state index contributed by atoms with van der Waals surface area (Å²) in [6.45, 7) is 1.97. The Morgan fingerprint density at radius 1 is 0.900 bits per heavy atom. The van der Waals surface area contributed by atoms with E-state index in [1.54, 1.807) is 45.4 Å². The molecule has 0 unspecified atom stereocenters. The van der Waals surface area contributed by atoms with Crippen LogP contribution in [0.1, 0.15) is 24.2 Å². The van der Waals surface area contributed by atoms with Gasteiger partial charge in [0.2, 0.25) is 0 Å². The molecule has 0 aliphatic rings. The number of hydrogen-bond acceptors (Lipinski definition) is 6. The molecule has 1 heterocycles. The van der Waals surface area contributed by atoms with Crippen molar-refractivity contribution in [1.29, 1.82) is 0 Å². The first kappa shape index (κ1) is 19.8. The molecule has 6 heteroatoms. The first-order chi connectivity index (χ1) is 14.5. The molecule has 6 nitrogen and oxygen atoms in total. The van der Waals surface area contributed by atoms with Gasteiger partial charge in [-0.15, -0.1) is 0 Å². The van der Waals surface area contributed by atoms with E-state index in [0.717, 1.165) is 22.1 Å². The Morgan fingerprint density at radius 3 is 2.33 bits per heavy atom. The van der Waals surface area contributed by atoms with Crippen molar-refractivity contribution in [3.05, 3.63) is 76.1 Å². The molecule has 4 aromatic rings. The molecule has 0 aliphatic heterocycles. The Bertz CT molecular complexity index is 1250. The highest BCUT2D eigenvalue weighted by Gasteiger charge is 2.15. The highest BCUT2D eigenvalue weighted by atomic mass is 16.5. The standard InChI is InChI=1S/C24H22O6/c1-14(25)16-6-9-18-19-11-22(28-3)23(12-21(19)30-24(26)20(18)10-16)29-13-15-4-7-17(27-2)8-5-15/h4-12,14,25H,13H2,1-3H3/t14-/m0/s1. The number of ether oxygens (including phenoxy) is 3. The molecular weight excluding hydrogens is 384 g/mol. The molecule has 0 spiro atoms. The molecular formula is C24H22O6. The quantitative estimate of drug-likeness (QED) is 0.373. The zero-order valence-corrected chi connectivity index (χ0v) is 17.0. The maximum Gasteiger partial charge on any atom is 0.344 e. The van der Waals surface area contributed by atoms with Crippen LogP contribution in [0.3, 0.4) is 0 Å². The van der Waals surface area contributed by atoms with E-state index < -0.39 is 11.7 Å². The fourth-order valence-electron chi connectivity index (χ4n) is 3.37. The zero-order chi connectivity index (χ0) is 21.3. The minimum absolute atomic E-state index is 0.321. The van der Waals surface area contributed by atoms with Crippen molar-refractivity contribution in [3.63, 3.8) is 0 Å². The van der Waals surface area contributed by atoms with E-state index in [0.29, 0.717) is 34.6 Å². The highest BCUT2D eigenvalue weighted by Crippen LogP contribution is 2.36. The van der Waals surface area contributed by atoms with Gasteiger partial charge in [0, 0.05) is 16.8 Å². The molecule has 4 rings (SSSR count). The van der Waals surface area contributed by atoms with E-state index in [9.17, 15) is 9.90 Å². The van der Waals surface area contributed by atoms with Crippen molar-refractivity contribution >= 4 is 21.7 Å². The summed E-state index contributed by atoms with van der Waals surface area (Å²) in [4.78, 5) is 12.5. The van der Waals surface area contributed by atoms with Gasteiger partial charge in [-0.25, -0.2) is 4.79 Å². The number of fused-ring (bicyclic) bond motifs is 3. The Morgan fingerprint density at radius 2 is 1.67 bits per heavy atom. The van der Waals surface area contributed by atoms with Gasteiger partial charge in [-0.1, -0.05) is 24.3 Å². The summed E-state index contributed by atoms with van der Waals surface area (Å²) in [5.41, 5.74) is 1.55. The topological polar surface area (TPSA) is 78.1 Å². The maximum atomic E-state index is 12.5. The van der Waals surface area contributed by atoms with Crippen LogP contribution in [0.4, 0.5) is 0 Å². The minimum atomic E-state index is -0.673. The van der Waals surface area contributed by atoms with Gasteiger partial charge in [0.1, 0.15) is 17.9 Å². The van der Waals surface area contributed by atoms with Crippen LogP contribution in [0.2, 0.25) is 0 Å². The largest absolute Gasteiger partial charge is 0.497 e. The van der Waals surface area contributed by atoms with Crippen LogP contribution in [-0.2, 0) is 6.61 Å². The van der Waals surface area contributed by atoms with Gasteiger partial charge >= 0.3 is 5.63 Å². The molecule has 0 radical (unpaired) electrons. The lowest BCUT2D eigenvalue weighted by atomic mass is 10.0. The first-order valence-corrected chi connectivity index (χ1v) is 9.52. The van der Waals surface area contributed by atoms with Gasteiger partial charge in [0.15, 0.2) is 11.5 Å². The molecule has 154 valence electrons. The first-order valence-electron chi connectivity index (χ1n) is 9.52. The van der Waals surface area contributed by atoms with Crippen molar-refractivity contribution in [3.8, 4) is 17.2 Å². The SMILES string of the molecule is COc1ccc(COc2cc3oc(=O)c4cc([C@H](C)O)ccc4c3cc2OC)cc1. The van der Waals surface area contributed by atoms with E-state index in [-0.39, 0.29) is 0 Å². The smallest absolute Gasteiger partial charge is 0.344 e. The Hall–Kier alpha value is -3.51. The Balaban J connectivity index is 1.75. The summed E-state index contributed by atoms with van der Waals surface area (Å²) in [5.74, 6) is 1.78. The molecule has 1 N–H and O–H groups in total. The van der Waals surface area contributed by atoms with Gasteiger partial charge < -0.3 is 23.7 Å². The van der Waals surface area contributed by atoms with Crippen LogP contribution in [0, 0.1) is 0 Å². The van der Waals surface area contributed by atoms with Crippen molar-refractivity contribution in [2.24, 2.45) is 0 Å². The third kappa shape index (κ3) is 3.69. The van der Waals surface area contributed by atoms with Gasteiger partial charge in [-0.05, 0) is 42.3 Å². The van der Waals surface area contributed by atoms with Crippen molar-refractivity contribution < 1.29 is 23.7 Å². The van der Waals surface area contributed by atoms with Crippen molar-refractivity contribution in [2.75, 3.05) is 14.2 Å². The molecule has 3 aromatic carbocycles. The lowest BCUT2D eigenvalue weighted by molar-refractivity contribution is 0.199. The normalized spacial score (nSPS) is 12.1. The Kier molecular flexibility index (Phi) is 5.33. The summed E-state index contributed by atoms with van der Waals surface area (Å²) in [6.07, 6.45) is -0.673. The molecule has 0 aliphatic carbocycles. The monoisotopic (exact) mass is 406 g/mol. The highest BCUT2D eigenvalue weighted by molar-refractivity contribution is 6.05. The summed E-state index contributed by atoms with van der Waals surface area (Å²) in [5, 5.41) is 11.7. The van der Waals surface area contributed by atoms with Crippen LogP contribution in [-0.4, -0.2) is 19.3 Å². The van der Waals surface area contributed by atoms with Crippen molar-refractivity contribution in [1.82, 2.24) is 0 Å². The maximum absolute atomic E-state index is 12.5. The van der Waals surface area contributed by atoms with E-state index >= 15 is 0 Å². The molecule has 1 atom stereocenters. The molecule has 0 fully saturated rings. The molecule has 0 amide bonds. The number of aliphatic hydroxyl groups excluding tert-OH is 1. The van der Waals surface area contributed by atoms with E-state index in [4.69, 9.17) is 18.6 Å². The molecule has 0 bridgehead atoms. The molecule has 0 saturated carbocycles. The summed E-state index contributed by atoms with van der Waals surface area (Å²) >= 11 is 0. The summed E-state index contributed by atoms with van der Waals surface area (Å²) in [6, 6.07) is 16.3. The van der Waals surface area contributed by atoms with Crippen LogP contribution < -0.4 is 19.8 Å². The second kappa shape index (κ2) is 8.08. The van der Waals surface area contributed by atoms with E-state index in [1.807, 2.05) is 30.3 Å². The van der Waals surface area contributed by atoms with Crippen LogP contribution in [0.25, 0.3) is 21.7 Å². The van der Waals surface area contributed by atoms with Crippen LogP contribution >= 0.6 is 0 Å². The predicted octanol–water partition coefficient (Wildman–Crippen LogP) is 4.60. The number of aliphatic hydroxyl groups is 1. The number of methoxy groups -OCH3 is 2. The van der Waals surface area contributed by atoms with Gasteiger partial charge in [0.05, 0.1) is 25.7 Å². The molecule has 1 aromatic heterocycles. The fourth-order valence-corrected chi connectivity index (χ4v) is 3.37. The van der Waals surface area contributed by atoms with Crippen molar-refractivity contribution in [2.45, 2.75) is 19.6 Å². The summed E-state index contributed by atoms with van der Waals surface area (Å²) < 4.78 is 22.2. The molecule has 0 saturated heterocycles. The lowest BCUT2D eigenvalue weighted by Gasteiger charge is -2.13. The number of rotatable bonds is 6. The Labute approximate surface area is 173 Å². The number of hydrogen-bond donors (Lipinski definition) is 1. The van der Waals surface area contributed by atoms with E-state index in [1.165, 1.54) is 0 Å². The third-order valence-electron chi connectivity index (χ3n) is 5.06. The fraction of sp³-hybridized carbons (Fsp3) is 0.208. The predicted molar refractivity (Wildman–Crippen MR) is 115 cm³/mol. The second-order valence-corrected chi connectivity index (χ2v) is 7.01. The third-order valence-corrected chi connectivity index (χ3v) is 5.06. The molecule has 30 heavy (non-hydrogen) atoms. The van der Waals surface area contributed by atoms with Gasteiger partial charge in [-0.3, -0.25) is 0 Å². The van der Waals surface area contributed by atoms with Crippen LogP contribution in [0.15, 0.2) is 63.8 Å². The minimum Gasteiger partial charge on any atom is -0.497 e. The average Bonchev–Trinajstić information content (AvgIpc) is 2.77. The van der Waals surface area contributed by atoms with Gasteiger partial charge in [0.25, 0.3) is 0 Å².